The normalized spacial score (nSPS) is 31.0. The Balaban J connectivity index is 1.66. The van der Waals surface area contributed by atoms with Crippen LogP contribution in [-0.2, 0) is 6.42 Å². The van der Waals surface area contributed by atoms with Crippen molar-refractivity contribution < 1.29 is 4.74 Å². The van der Waals surface area contributed by atoms with Gasteiger partial charge in [0.25, 0.3) is 0 Å². The second-order valence-electron chi connectivity index (χ2n) is 7.20. The zero-order chi connectivity index (χ0) is 14.6. The molecule has 22 heavy (non-hydrogen) atoms. The van der Waals surface area contributed by atoms with E-state index in [1.54, 1.807) is 0 Å². The van der Waals surface area contributed by atoms with Crippen molar-refractivity contribution in [2.45, 2.75) is 44.2 Å². The third-order valence-corrected chi connectivity index (χ3v) is 6.10. The fourth-order valence-electron chi connectivity index (χ4n) is 5.07. The molecule has 0 unspecified atom stereocenters. The maximum absolute atomic E-state index is 6.76. The fraction of sp³-hybridized carbons (Fsp3) is 0.500. The lowest BCUT2D eigenvalue weighted by atomic mass is 9.74. The fourth-order valence-corrected chi connectivity index (χ4v) is 5.07. The molecule has 3 heterocycles. The van der Waals surface area contributed by atoms with Crippen LogP contribution < -0.4 is 4.74 Å². The molecule has 5 rings (SSSR count). The van der Waals surface area contributed by atoms with Gasteiger partial charge in [-0.2, -0.15) is 0 Å². The molecule has 2 nitrogen and oxygen atoms in total. The number of benzene rings is 2. The summed E-state index contributed by atoms with van der Waals surface area (Å²) in [5, 5.41) is 2.74. The van der Waals surface area contributed by atoms with Crippen molar-refractivity contribution in [2.75, 3.05) is 13.1 Å². The average molecular weight is 293 g/mol. The number of ether oxygens (including phenoxy) is 1. The average Bonchev–Trinajstić information content (AvgIpc) is 2.58. The molecule has 2 aromatic carbocycles. The Kier molecular flexibility index (Phi) is 2.78. The second kappa shape index (κ2) is 4.73. The smallest absolute Gasteiger partial charge is 0.166 e. The monoisotopic (exact) mass is 293 g/mol. The van der Waals surface area contributed by atoms with E-state index in [0.29, 0.717) is 5.92 Å². The summed E-state index contributed by atoms with van der Waals surface area (Å²) < 4.78 is 6.76. The first-order valence-electron chi connectivity index (χ1n) is 8.81. The number of piperidine rings is 2. The molecule has 2 atom stereocenters. The van der Waals surface area contributed by atoms with Gasteiger partial charge >= 0.3 is 0 Å². The van der Waals surface area contributed by atoms with E-state index in [2.05, 4.69) is 41.3 Å². The molecule has 2 heteroatoms. The van der Waals surface area contributed by atoms with Gasteiger partial charge in [0.05, 0.1) is 0 Å². The Labute approximate surface area is 132 Å². The van der Waals surface area contributed by atoms with Gasteiger partial charge in [-0.25, -0.2) is 0 Å². The lowest BCUT2D eigenvalue weighted by molar-refractivity contribution is -0.177. The Morgan fingerprint density at radius 3 is 2.91 bits per heavy atom. The highest BCUT2D eigenvalue weighted by Gasteiger charge is 2.51. The van der Waals surface area contributed by atoms with Crippen molar-refractivity contribution >= 4 is 10.8 Å². The summed E-state index contributed by atoms with van der Waals surface area (Å²) in [5.74, 6) is 1.81. The van der Waals surface area contributed by atoms with Gasteiger partial charge in [-0.1, -0.05) is 30.3 Å². The number of rotatable bonds is 0. The summed E-state index contributed by atoms with van der Waals surface area (Å²) in [4.78, 5) is 2.66. The summed E-state index contributed by atoms with van der Waals surface area (Å²) >= 11 is 0. The van der Waals surface area contributed by atoms with E-state index in [1.807, 2.05) is 0 Å². The summed E-state index contributed by atoms with van der Waals surface area (Å²) in [6.45, 7) is 2.44. The molecule has 0 amide bonds. The first-order chi connectivity index (χ1) is 10.9. The Morgan fingerprint density at radius 2 is 1.91 bits per heavy atom. The second-order valence-corrected chi connectivity index (χ2v) is 7.20. The van der Waals surface area contributed by atoms with Gasteiger partial charge in [-0.3, -0.25) is 4.90 Å². The molecule has 2 fully saturated rings. The van der Waals surface area contributed by atoms with Gasteiger partial charge in [0.15, 0.2) is 5.72 Å². The van der Waals surface area contributed by atoms with Crippen molar-refractivity contribution in [1.82, 2.24) is 4.90 Å². The molecule has 0 aromatic heterocycles. The summed E-state index contributed by atoms with van der Waals surface area (Å²) in [6.07, 6.45) is 7.70. The van der Waals surface area contributed by atoms with Crippen molar-refractivity contribution in [3.05, 3.63) is 42.0 Å². The minimum atomic E-state index is 0.00591. The predicted octanol–water partition coefficient (Wildman–Crippen LogP) is 4.37. The maximum Gasteiger partial charge on any atom is 0.166 e. The van der Waals surface area contributed by atoms with Gasteiger partial charge in [-0.15, -0.1) is 0 Å². The molecule has 114 valence electrons. The molecule has 0 saturated carbocycles. The van der Waals surface area contributed by atoms with Crippen LogP contribution in [0.3, 0.4) is 0 Å². The van der Waals surface area contributed by atoms with Crippen molar-refractivity contribution in [1.29, 1.82) is 0 Å². The molecular weight excluding hydrogens is 270 g/mol. The van der Waals surface area contributed by atoms with Crippen LogP contribution in [0.4, 0.5) is 0 Å². The Hall–Kier alpha value is -1.54. The number of fused-ring (bicyclic) bond motifs is 3. The van der Waals surface area contributed by atoms with E-state index in [4.69, 9.17) is 4.74 Å². The van der Waals surface area contributed by atoms with Crippen molar-refractivity contribution in [3.63, 3.8) is 0 Å². The molecule has 2 saturated heterocycles. The zero-order valence-corrected chi connectivity index (χ0v) is 13.1. The molecule has 2 aromatic rings. The highest BCUT2D eigenvalue weighted by molar-refractivity contribution is 5.88. The molecular formula is C20H23NO. The Morgan fingerprint density at radius 1 is 1.00 bits per heavy atom. The third kappa shape index (κ3) is 1.70. The molecule has 0 N–H and O–H groups in total. The summed E-state index contributed by atoms with van der Waals surface area (Å²) in [5.41, 5.74) is 1.45. The highest BCUT2D eigenvalue weighted by atomic mass is 16.5. The van der Waals surface area contributed by atoms with Crippen LogP contribution in [-0.4, -0.2) is 23.7 Å². The number of hydrogen-bond acceptors (Lipinski definition) is 2. The van der Waals surface area contributed by atoms with Crippen molar-refractivity contribution in [2.24, 2.45) is 5.92 Å². The van der Waals surface area contributed by atoms with Gasteiger partial charge < -0.3 is 4.74 Å². The van der Waals surface area contributed by atoms with E-state index in [1.165, 1.54) is 68.0 Å². The molecule has 0 bridgehead atoms. The summed E-state index contributed by atoms with van der Waals surface area (Å²) in [7, 11) is 0. The standard InChI is InChI=1S/C20H23NO/c1-2-8-17-15(6-1)9-10-19-18(17)14-16-7-5-13-21-12-4-3-11-20(16,21)22-19/h1-2,6,8-10,16H,3-5,7,11-14H2/t16-,20+/m1/s1. The molecule has 3 aliphatic rings. The minimum Gasteiger partial charge on any atom is -0.472 e. The highest BCUT2D eigenvalue weighted by Crippen LogP contribution is 2.49. The van der Waals surface area contributed by atoms with Crippen LogP contribution in [0.1, 0.15) is 37.7 Å². The third-order valence-electron chi connectivity index (χ3n) is 6.10. The largest absolute Gasteiger partial charge is 0.472 e. The van der Waals surface area contributed by atoms with E-state index < -0.39 is 0 Å². The van der Waals surface area contributed by atoms with Crippen LogP contribution in [0.15, 0.2) is 36.4 Å². The lowest BCUT2D eigenvalue weighted by Crippen LogP contribution is -2.64. The van der Waals surface area contributed by atoms with E-state index in [9.17, 15) is 0 Å². The quantitative estimate of drug-likeness (QED) is 0.715. The van der Waals surface area contributed by atoms with E-state index in [0.717, 1.165) is 5.75 Å². The van der Waals surface area contributed by atoms with Gasteiger partial charge in [-0.05, 0) is 48.9 Å². The Bertz CT molecular complexity index is 723. The van der Waals surface area contributed by atoms with Gasteiger partial charge in [0.1, 0.15) is 5.75 Å². The molecule has 3 aliphatic heterocycles. The van der Waals surface area contributed by atoms with E-state index >= 15 is 0 Å². The van der Waals surface area contributed by atoms with Crippen molar-refractivity contribution in [3.8, 4) is 5.75 Å². The van der Waals surface area contributed by atoms with Crippen LogP contribution in [0.2, 0.25) is 0 Å². The molecule has 1 spiro atoms. The van der Waals surface area contributed by atoms with Crippen LogP contribution in [0.25, 0.3) is 10.8 Å². The van der Waals surface area contributed by atoms with E-state index in [-0.39, 0.29) is 5.72 Å². The van der Waals surface area contributed by atoms with Gasteiger partial charge in [0, 0.05) is 31.0 Å². The zero-order valence-electron chi connectivity index (χ0n) is 13.1. The van der Waals surface area contributed by atoms with Crippen LogP contribution in [0, 0.1) is 5.92 Å². The lowest BCUT2D eigenvalue weighted by Gasteiger charge is -2.56. The maximum atomic E-state index is 6.76. The number of hydrogen-bond donors (Lipinski definition) is 0. The SMILES string of the molecule is c1ccc2c3c(ccc2c1)O[C@]12CCCCN1CCC[C@@H]2C3. The predicted molar refractivity (Wildman–Crippen MR) is 89.2 cm³/mol. The first-order valence-corrected chi connectivity index (χ1v) is 8.81. The molecule has 0 radical (unpaired) electrons. The minimum absolute atomic E-state index is 0.00591. The topological polar surface area (TPSA) is 12.5 Å². The first kappa shape index (κ1) is 13.0. The number of nitrogens with zero attached hydrogens (tertiary/aromatic N) is 1. The van der Waals surface area contributed by atoms with Crippen LogP contribution in [0.5, 0.6) is 5.75 Å². The van der Waals surface area contributed by atoms with Gasteiger partial charge in [0.2, 0.25) is 0 Å². The van der Waals surface area contributed by atoms with Crippen LogP contribution >= 0.6 is 0 Å². The molecule has 0 aliphatic carbocycles. The summed E-state index contributed by atoms with van der Waals surface area (Å²) in [6, 6.07) is 13.2.